The van der Waals surface area contributed by atoms with Gasteiger partial charge >= 0.3 is 18.1 Å². The molecule has 1 saturated heterocycles. The van der Waals surface area contributed by atoms with Gasteiger partial charge in [0.15, 0.2) is 17.3 Å². The van der Waals surface area contributed by atoms with Crippen molar-refractivity contribution < 1.29 is 90.0 Å². The number of Topliss-reactive ketones (excluding diaryl/α,β-unsaturated/α-hetero) is 4. The van der Waals surface area contributed by atoms with E-state index in [9.17, 15) is 66.0 Å². The Hall–Kier alpha value is -7.73. The SMILES string of the molecule is CC[C@H](C)[C@@H]([C@@H](CC(=O)N1CCC[C@H]1[C@H](OC)[C@@H](C)C(=O)C[C@@H](Cc1ccc(OC(=O)NCCCCCC(=O)COCc2ccc(NC(=O)[C@H](CCCNC(N)=O)CC(=O)[C@@H](NC(=O)CCCC(=O)O)C(C)C)cc2)cc1)C(=O)NS(C)(=O)=O)OC)N(C)C(=O)[C@@H](CC(=O)[C@H](C(C)C)N(C)C)C(C)C. The number of ketones is 4. The van der Waals surface area contributed by atoms with Crippen molar-refractivity contribution in [2.24, 2.45) is 53.1 Å². The fraction of sp³-hybridized carbons (Fsp3) is 0.680. The number of hydrogen-bond acceptors (Lipinski definition) is 19. The molecule has 584 valence electrons. The summed E-state index contributed by atoms with van der Waals surface area (Å²) in [6, 6.07) is 9.86. The number of sulfonamides is 1. The number of primary amides is 1. The number of benzene rings is 2. The molecule has 0 unspecified atom stereocenters. The average molecular weight is 1480 g/mol. The van der Waals surface area contributed by atoms with Crippen LogP contribution in [0.1, 0.15) is 176 Å². The molecule has 0 saturated carbocycles. The van der Waals surface area contributed by atoms with Gasteiger partial charge in [-0.15, -0.1) is 0 Å². The molecule has 0 aromatic heterocycles. The highest BCUT2D eigenvalue weighted by atomic mass is 32.2. The van der Waals surface area contributed by atoms with Crippen LogP contribution >= 0.6 is 0 Å². The number of ether oxygens (including phenoxy) is 4. The lowest BCUT2D eigenvalue weighted by molar-refractivity contribution is -0.149. The van der Waals surface area contributed by atoms with Crippen LogP contribution in [-0.2, 0) is 85.2 Å². The highest BCUT2D eigenvalue weighted by Crippen LogP contribution is 2.33. The van der Waals surface area contributed by atoms with Crippen molar-refractivity contribution in [1.29, 1.82) is 0 Å². The Bertz CT molecular complexity index is 3250. The Balaban J connectivity index is 1.54. The number of hydrogen-bond donors (Lipinski definition) is 7. The highest BCUT2D eigenvalue weighted by molar-refractivity contribution is 7.89. The molecule has 0 bridgehead atoms. The molecule has 0 radical (unpaired) electrons. The summed E-state index contributed by atoms with van der Waals surface area (Å²) >= 11 is 0. The number of nitrogens with zero attached hydrogens (tertiary/aromatic N) is 3. The Kier molecular flexibility index (Phi) is 39.7. The van der Waals surface area contributed by atoms with Crippen LogP contribution in [0, 0.1) is 47.3 Å². The van der Waals surface area contributed by atoms with Crippen molar-refractivity contribution in [2.75, 3.05) is 73.2 Å². The number of carboxylic acid groups (broad SMARTS) is 1. The first-order chi connectivity index (χ1) is 48.9. The van der Waals surface area contributed by atoms with E-state index in [1.165, 1.54) is 26.4 Å². The molecule has 8 amide bonds. The Labute approximate surface area is 615 Å². The summed E-state index contributed by atoms with van der Waals surface area (Å²) in [6.07, 6.45) is 2.01. The molecule has 104 heavy (non-hydrogen) atoms. The average Bonchev–Trinajstić information content (AvgIpc) is 1.82. The second-order valence-electron chi connectivity index (χ2n) is 28.9. The number of nitrogens with one attached hydrogen (secondary N) is 5. The molecule has 2 aromatic carbocycles. The molecule has 3 rings (SSSR count). The van der Waals surface area contributed by atoms with E-state index < -0.39 is 106 Å². The second-order valence-corrected chi connectivity index (χ2v) is 30.6. The lowest BCUT2D eigenvalue weighted by Crippen LogP contribution is -2.54. The zero-order valence-electron chi connectivity index (χ0n) is 63.9. The number of amides is 8. The van der Waals surface area contributed by atoms with E-state index in [2.05, 4.69) is 21.3 Å². The van der Waals surface area contributed by atoms with Crippen molar-refractivity contribution in [2.45, 2.75) is 214 Å². The second kappa shape index (κ2) is 45.6. The highest BCUT2D eigenvalue weighted by Gasteiger charge is 2.44. The van der Waals surface area contributed by atoms with Crippen LogP contribution in [0.5, 0.6) is 5.75 Å². The van der Waals surface area contributed by atoms with Crippen LogP contribution in [0.4, 0.5) is 15.3 Å². The first-order valence-corrected chi connectivity index (χ1v) is 38.3. The molecule has 1 aliphatic heterocycles. The Morgan fingerprint density at radius 2 is 1.33 bits per heavy atom. The number of methoxy groups -OCH3 is 2. The summed E-state index contributed by atoms with van der Waals surface area (Å²) in [7, 11) is 4.36. The number of rotatable bonds is 50. The Morgan fingerprint density at radius 3 is 1.89 bits per heavy atom. The van der Waals surface area contributed by atoms with E-state index in [0.717, 1.165) is 11.8 Å². The topological polar surface area (TPSA) is 392 Å². The van der Waals surface area contributed by atoms with Gasteiger partial charge in [-0.3, -0.25) is 57.6 Å². The number of aliphatic carboxylic acids is 1. The summed E-state index contributed by atoms with van der Waals surface area (Å²) in [4.78, 5) is 163. The van der Waals surface area contributed by atoms with Crippen molar-refractivity contribution in [3.8, 4) is 5.75 Å². The van der Waals surface area contributed by atoms with Crippen LogP contribution in [0.3, 0.4) is 0 Å². The molecule has 28 nitrogen and oxygen atoms in total. The van der Waals surface area contributed by atoms with Gasteiger partial charge in [-0.2, -0.15) is 0 Å². The van der Waals surface area contributed by atoms with Gasteiger partial charge in [0, 0.05) is 109 Å². The van der Waals surface area contributed by atoms with E-state index in [1.54, 1.807) is 74.0 Å². The van der Waals surface area contributed by atoms with Crippen LogP contribution in [0.15, 0.2) is 48.5 Å². The first-order valence-electron chi connectivity index (χ1n) is 36.4. The third kappa shape index (κ3) is 31.5. The molecule has 2 aromatic rings. The van der Waals surface area contributed by atoms with E-state index in [1.807, 2.05) is 65.3 Å². The van der Waals surface area contributed by atoms with Crippen LogP contribution < -0.4 is 36.5 Å². The smallest absolute Gasteiger partial charge is 0.412 e. The summed E-state index contributed by atoms with van der Waals surface area (Å²) < 4.78 is 50.0. The third-order valence-electron chi connectivity index (χ3n) is 19.3. The van der Waals surface area contributed by atoms with Gasteiger partial charge in [0.25, 0.3) is 0 Å². The predicted octanol–water partition coefficient (Wildman–Crippen LogP) is 7.41. The monoisotopic (exact) mass is 1480 g/mol. The van der Waals surface area contributed by atoms with Crippen molar-refractivity contribution in [3.05, 3.63) is 59.7 Å². The minimum absolute atomic E-state index is 0.0112. The minimum Gasteiger partial charge on any atom is -0.481 e. The fourth-order valence-corrected chi connectivity index (χ4v) is 14.0. The van der Waals surface area contributed by atoms with Gasteiger partial charge in [-0.1, -0.05) is 99.4 Å². The number of unbranched alkanes of at least 4 members (excludes halogenated alkanes) is 2. The summed E-state index contributed by atoms with van der Waals surface area (Å²) in [5, 5.41) is 19.6. The fourth-order valence-electron chi connectivity index (χ4n) is 13.5. The van der Waals surface area contributed by atoms with Crippen molar-refractivity contribution >= 4 is 86.5 Å². The molecule has 0 spiro atoms. The minimum atomic E-state index is -4.04. The molecule has 1 heterocycles. The maximum Gasteiger partial charge on any atom is 0.412 e. The normalized spacial score (nSPS) is 16.1. The van der Waals surface area contributed by atoms with E-state index in [-0.39, 0.29) is 155 Å². The summed E-state index contributed by atoms with van der Waals surface area (Å²) in [6.45, 7) is 17.8. The molecule has 11 atom stereocenters. The van der Waals surface area contributed by atoms with Crippen LogP contribution in [0.25, 0.3) is 0 Å². The maximum absolute atomic E-state index is 14.6. The quantitative estimate of drug-likeness (QED) is 0.0317. The Morgan fingerprint density at radius 1 is 0.692 bits per heavy atom. The van der Waals surface area contributed by atoms with Gasteiger partial charge in [0.05, 0.1) is 55.7 Å². The first kappa shape index (κ1) is 90.5. The van der Waals surface area contributed by atoms with E-state index in [4.69, 9.17) is 29.8 Å². The van der Waals surface area contributed by atoms with Gasteiger partial charge in [0.1, 0.15) is 18.1 Å². The number of nitrogens with two attached hydrogens (primary N) is 1. The van der Waals surface area contributed by atoms with E-state index in [0.29, 0.717) is 62.7 Å². The van der Waals surface area contributed by atoms with Crippen molar-refractivity contribution in [3.63, 3.8) is 0 Å². The predicted molar refractivity (Wildman–Crippen MR) is 393 cm³/mol. The molecule has 29 heteroatoms. The van der Waals surface area contributed by atoms with Crippen molar-refractivity contribution in [1.82, 2.24) is 35.4 Å². The number of carbonyl (C=O) groups excluding carboxylic acids is 11. The van der Waals surface area contributed by atoms with Gasteiger partial charge in [-0.05, 0) is 125 Å². The summed E-state index contributed by atoms with van der Waals surface area (Å²) in [5.74, 6) is -8.02. The molecule has 1 fully saturated rings. The molecule has 0 aliphatic carbocycles. The third-order valence-corrected chi connectivity index (χ3v) is 19.8. The number of carbonyl (C=O) groups is 12. The molecular formula is C75H119N9O19S. The molecule has 1 aliphatic rings. The van der Waals surface area contributed by atoms with Gasteiger partial charge in [0.2, 0.25) is 39.6 Å². The number of anilines is 1. The van der Waals surface area contributed by atoms with Crippen LogP contribution in [-0.4, -0.2) is 203 Å². The number of urea groups is 1. The lowest BCUT2D eigenvalue weighted by Gasteiger charge is -2.41. The molecule has 8 N–H and O–H groups in total. The van der Waals surface area contributed by atoms with Crippen LogP contribution in [0.2, 0.25) is 0 Å². The van der Waals surface area contributed by atoms with E-state index >= 15 is 0 Å². The summed E-state index contributed by atoms with van der Waals surface area (Å²) in [5.41, 5.74) is 6.88. The standard InChI is InChI=1S/C75H119N9O19S/c1-16-49(8)69(83(12)73(95)58(46(2)3)42-62(88)68(48(6)7)82(10)11)63(100-13)43-65(90)84-38-22-25-59(84)70(101-14)50(9)60(86)41-54(72(94)81-104(15,98)99)39-51-30-34-57(35-31-51)103-75(97)78-36-19-17-18-24-56(85)45-102-44-52-28-32-55(33-29-52)79-71(93)53(23-21-37-77-74(76)96)40-61(87)67(47(4)5)80-64(89)26-20-27-66(91)92/h28-35,46-50,53-54,58-59,63,67-70H,16-27,36-45H2,1-15H3,(H,78,97)(H,79,93)(H,80,89)(H,81,94)(H,91,92)(H3,76,77,96)/t49-,50-,53+,54+,58-,59-,63+,67-,68-,69-,70+/m0/s1. The number of carboxylic acids is 1. The number of likely N-dealkylation sites (tertiary alicyclic amines) is 1. The largest absolute Gasteiger partial charge is 0.481 e. The van der Waals surface area contributed by atoms with Gasteiger partial charge in [-0.25, -0.2) is 18.0 Å². The lowest BCUT2D eigenvalue weighted by atomic mass is 9.83. The maximum atomic E-state index is 14.6. The zero-order valence-corrected chi connectivity index (χ0v) is 64.7. The molecular weight excluding hydrogens is 1360 g/mol. The number of likely N-dealkylation sites (N-methyl/N-ethyl adjacent to an activating group) is 2. The van der Waals surface area contributed by atoms with Gasteiger partial charge < -0.3 is 60.9 Å². The zero-order chi connectivity index (χ0) is 78.1.